The first-order chi connectivity index (χ1) is 14.8. The number of thiol groups is 1. The number of fused-ring (bicyclic) bond motifs is 5. The van der Waals surface area contributed by atoms with Crippen LogP contribution >= 0.6 is 12.6 Å². The second-order valence-corrected chi connectivity index (χ2v) is 10.8. The second-order valence-electron chi connectivity index (χ2n) is 10.4. The Morgan fingerprint density at radius 2 is 1.94 bits per heavy atom. The predicted molar refractivity (Wildman–Crippen MR) is 116 cm³/mol. The molecule has 1 N–H and O–H groups in total. The number of hydrogen-bond acceptors (Lipinski definition) is 5. The van der Waals surface area contributed by atoms with E-state index in [2.05, 4.69) is 12.6 Å². The molecule has 0 aromatic heterocycles. The monoisotopic (exact) mass is 468 g/mol. The highest BCUT2D eigenvalue weighted by atomic mass is 32.1. The number of allylic oxidation sites excluding steroid dienone is 4. The molecule has 9 atom stereocenters. The Hall–Kier alpha value is -1.54. The first kappa shape index (κ1) is 23.6. The van der Waals surface area contributed by atoms with Gasteiger partial charge in [-0.15, -0.1) is 12.6 Å². The van der Waals surface area contributed by atoms with Crippen molar-refractivity contribution in [3.8, 4) is 0 Å². The van der Waals surface area contributed by atoms with E-state index in [1.807, 2.05) is 0 Å². The minimum Gasteiger partial charge on any atom is -0.449 e. The first-order valence-corrected chi connectivity index (χ1v) is 11.7. The Balaban J connectivity index is 1.87. The molecule has 176 valence electrons. The highest BCUT2D eigenvalue weighted by molar-refractivity contribution is 7.96. The minimum absolute atomic E-state index is 0.0476. The molecule has 5 nitrogen and oxygen atoms in total. The van der Waals surface area contributed by atoms with Crippen molar-refractivity contribution in [2.24, 2.45) is 28.6 Å². The molecular weight excluding hydrogens is 438 g/mol. The van der Waals surface area contributed by atoms with Crippen LogP contribution in [0.5, 0.6) is 0 Å². The van der Waals surface area contributed by atoms with Crippen LogP contribution in [0, 0.1) is 28.6 Å². The minimum atomic E-state index is -2.24. The van der Waals surface area contributed by atoms with Crippen molar-refractivity contribution in [2.75, 3.05) is 0 Å². The van der Waals surface area contributed by atoms with Crippen molar-refractivity contribution in [2.45, 2.75) is 76.9 Å². The van der Waals surface area contributed by atoms with Gasteiger partial charge in [0, 0.05) is 29.1 Å². The normalized spacial score (nSPS) is 49.6. The van der Waals surface area contributed by atoms with Crippen LogP contribution in [0.4, 0.5) is 8.78 Å². The number of carbonyl (C=O) groups is 3. The number of halogens is 2. The van der Waals surface area contributed by atoms with E-state index < -0.39 is 69.0 Å². The summed E-state index contributed by atoms with van der Waals surface area (Å²) in [6.07, 6.45) is 0.619. The maximum atomic E-state index is 17.1. The van der Waals surface area contributed by atoms with Crippen LogP contribution in [0.2, 0.25) is 0 Å². The van der Waals surface area contributed by atoms with Crippen LogP contribution in [0.15, 0.2) is 23.8 Å². The maximum Gasteiger partial charge on any atom is 0.306 e. The summed E-state index contributed by atoms with van der Waals surface area (Å²) in [5, 5.41) is 10.7. The average molecular weight is 469 g/mol. The Morgan fingerprint density at radius 3 is 2.53 bits per heavy atom. The maximum absolute atomic E-state index is 17.1. The molecule has 32 heavy (non-hydrogen) atoms. The molecule has 5 unspecified atom stereocenters. The summed E-state index contributed by atoms with van der Waals surface area (Å²) in [7, 11) is 0. The van der Waals surface area contributed by atoms with E-state index >= 15 is 8.78 Å². The van der Waals surface area contributed by atoms with Gasteiger partial charge in [0.1, 0.15) is 6.17 Å². The quantitative estimate of drug-likeness (QED) is 0.488. The smallest absolute Gasteiger partial charge is 0.306 e. The molecule has 0 bridgehead atoms. The van der Waals surface area contributed by atoms with Crippen LogP contribution in [-0.4, -0.2) is 45.5 Å². The van der Waals surface area contributed by atoms with Gasteiger partial charge in [0.2, 0.25) is 5.12 Å². The van der Waals surface area contributed by atoms with Gasteiger partial charge in [-0.3, -0.25) is 14.4 Å². The van der Waals surface area contributed by atoms with Crippen LogP contribution in [-0.2, 0) is 19.1 Å². The number of aliphatic hydroxyl groups is 1. The van der Waals surface area contributed by atoms with Crippen LogP contribution in [0.3, 0.4) is 0 Å². The molecule has 8 heteroatoms. The molecular formula is C24H30F2O5S. The fourth-order valence-electron chi connectivity index (χ4n) is 7.49. The molecule has 3 fully saturated rings. The number of hydrogen-bond donors (Lipinski definition) is 2. The Morgan fingerprint density at radius 1 is 1.28 bits per heavy atom. The summed E-state index contributed by atoms with van der Waals surface area (Å²) in [5.74, 6) is -2.94. The third kappa shape index (κ3) is 2.62. The van der Waals surface area contributed by atoms with Gasteiger partial charge in [-0.1, -0.05) is 26.8 Å². The van der Waals surface area contributed by atoms with Crippen molar-refractivity contribution < 1.29 is 33.0 Å². The molecule has 4 aliphatic rings. The van der Waals surface area contributed by atoms with Gasteiger partial charge in [-0.25, -0.2) is 8.78 Å². The molecule has 0 radical (unpaired) electrons. The molecule has 0 heterocycles. The molecule has 0 aliphatic heterocycles. The van der Waals surface area contributed by atoms with Gasteiger partial charge in [0.15, 0.2) is 17.1 Å². The summed E-state index contributed by atoms with van der Waals surface area (Å²) in [5.41, 5.74) is -6.46. The Kier molecular flexibility index (Phi) is 5.33. The van der Waals surface area contributed by atoms with E-state index in [0.29, 0.717) is 6.42 Å². The molecule has 3 saturated carbocycles. The molecule has 0 amide bonds. The van der Waals surface area contributed by atoms with Gasteiger partial charge in [0.25, 0.3) is 0 Å². The van der Waals surface area contributed by atoms with E-state index in [0.717, 1.165) is 6.08 Å². The molecule has 4 rings (SSSR count). The SMILES string of the molecule is CCC(=O)O[C@]1(C(=O)S)C(C)CC2C3C[C@H](F)C4=CC(=O)C=CC4(C)[C@@]3(F)C(O)C[C@@]21C. The fourth-order valence-corrected chi connectivity index (χ4v) is 8.01. The fraction of sp³-hybridized carbons (Fsp3) is 0.708. The number of rotatable bonds is 3. The number of esters is 1. The lowest BCUT2D eigenvalue weighted by Crippen LogP contribution is -2.70. The van der Waals surface area contributed by atoms with E-state index in [-0.39, 0.29) is 24.8 Å². The van der Waals surface area contributed by atoms with Gasteiger partial charge in [0.05, 0.1) is 6.10 Å². The average Bonchev–Trinajstić information content (AvgIpc) is 2.93. The lowest BCUT2D eigenvalue weighted by molar-refractivity contribution is -0.228. The summed E-state index contributed by atoms with van der Waals surface area (Å²) in [6.45, 7) is 6.62. The molecule has 0 spiro atoms. The number of ether oxygens (including phenoxy) is 1. The van der Waals surface area contributed by atoms with E-state index in [9.17, 15) is 19.5 Å². The summed E-state index contributed by atoms with van der Waals surface area (Å²) in [6, 6.07) is 0. The number of aliphatic hydroxyl groups excluding tert-OH is 1. The van der Waals surface area contributed by atoms with Crippen molar-refractivity contribution in [3.63, 3.8) is 0 Å². The summed E-state index contributed by atoms with van der Waals surface area (Å²) in [4.78, 5) is 37.2. The van der Waals surface area contributed by atoms with E-state index in [1.54, 1.807) is 20.8 Å². The zero-order valence-corrected chi connectivity index (χ0v) is 19.6. The third-order valence-electron chi connectivity index (χ3n) is 9.05. The van der Waals surface area contributed by atoms with Gasteiger partial charge >= 0.3 is 5.97 Å². The van der Waals surface area contributed by atoms with Crippen molar-refractivity contribution in [3.05, 3.63) is 23.8 Å². The first-order valence-electron chi connectivity index (χ1n) is 11.2. The predicted octanol–water partition coefficient (Wildman–Crippen LogP) is 3.70. The summed E-state index contributed by atoms with van der Waals surface area (Å²) >= 11 is 4.09. The van der Waals surface area contributed by atoms with Gasteiger partial charge in [-0.05, 0) is 49.8 Å². The van der Waals surface area contributed by atoms with Crippen molar-refractivity contribution in [1.82, 2.24) is 0 Å². The number of carbonyl (C=O) groups excluding carboxylic acids is 3. The molecule has 0 saturated heterocycles. The lowest BCUT2D eigenvalue weighted by atomic mass is 9.44. The molecule has 0 aromatic rings. The number of alkyl halides is 2. The molecule has 0 aromatic carbocycles. The highest BCUT2D eigenvalue weighted by Gasteiger charge is 2.77. The Labute approximate surface area is 192 Å². The molecule has 4 aliphatic carbocycles. The standard InChI is InChI=1S/C24H30F2O5S/c1-5-19(29)31-24(20(30)32)12(2)8-14-15-10-17(25)16-9-13(27)6-7-21(16,3)23(15,26)18(28)11-22(14,24)4/h6-7,9,12,14-15,17-18,28H,5,8,10-11H2,1-4H3,(H,30,32)/t12?,14?,15?,17-,18?,21?,22-,23-,24-/m0/s1. The van der Waals surface area contributed by atoms with E-state index in [4.69, 9.17) is 4.74 Å². The zero-order valence-electron chi connectivity index (χ0n) is 18.7. The van der Waals surface area contributed by atoms with Crippen LogP contribution < -0.4 is 0 Å². The zero-order chi connectivity index (χ0) is 23.9. The summed E-state index contributed by atoms with van der Waals surface area (Å²) < 4.78 is 38.3. The number of ketones is 1. The Bertz CT molecular complexity index is 949. The topological polar surface area (TPSA) is 80.7 Å². The van der Waals surface area contributed by atoms with Crippen molar-refractivity contribution in [1.29, 1.82) is 0 Å². The van der Waals surface area contributed by atoms with Crippen LogP contribution in [0.25, 0.3) is 0 Å². The third-order valence-corrected chi connectivity index (χ3v) is 9.38. The highest BCUT2D eigenvalue weighted by Crippen LogP contribution is 2.71. The lowest BCUT2D eigenvalue weighted by Gasteiger charge is -2.63. The van der Waals surface area contributed by atoms with Gasteiger partial charge < -0.3 is 9.84 Å². The van der Waals surface area contributed by atoms with Gasteiger partial charge in [-0.2, -0.15) is 0 Å². The second kappa shape index (κ2) is 7.23. The van der Waals surface area contributed by atoms with Crippen LogP contribution in [0.1, 0.15) is 53.4 Å². The van der Waals surface area contributed by atoms with E-state index in [1.165, 1.54) is 19.1 Å². The van der Waals surface area contributed by atoms with Crippen molar-refractivity contribution >= 4 is 29.5 Å². The largest absolute Gasteiger partial charge is 0.449 e.